The summed E-state index contributed by atoms with van der Waals surface area (Å²) in [7, 11) is 3.16. The number of carbonyl (C=O) groups is 1. The Kier molecular flexibility index (Phi) is 4.83. The fourth-order valence-corrected chi connectivity index (χ4v) is 3.26. The summed E-state index contributed by atoms with van der Waals surface area (Å²) in [6.45, 7) is 5.81. The van der Waals surface area contributed by atoms with E-state index in [0.29, 0.717) is 29.6 Å². The summed E-state index contributed by atoms with van der Waals surface area (Å²) < 4.78 is 10.6. The fraction of sp³-hybridized carbons (Fsp3) is 0.350. The summed E-state index contributed by atoms with van der Waals surface area (Å²) in [5.74, 6) is 1.14. The van der Waals surface area contributed by atoms with Gasteiger partial charge in [0.05, 0.1) is 25.6 Å². The highest BCUT2D eigenvalue weighted by atomic mass is 16.5. The Morgan fingerprint density at radius 1 is 0.960 bits per heavy atom. The summed E-state index contributed by atoms with van der Waals surface area (Å²) in [5.41, 5.74) is 2.63. The third-order valence-electron chi connectivity index (χ3n) is 4.55. The molecule has 132 valence electrons. The van der Waals surface area contributed by atoms with Crippen LogP contribution in [0.5, 0.6) is 11.5 Å². The second kappa shape index (κ2) is 7.05. The van der Waals surface area contributed by atoms with E-state index in [-0.39, 0.29) is 5.91 Å². The number of hydrogen-bond acceptors (Lipinski definition) is 4. The minimum atomic E-state index is -0.0307. The van der Waals surface area contributed by atoms with Crippen LogP contribution in [0.3, 0.4) is 0 Å². The van der Waals surface area contributed by atoms with Gasteiger partial charge in [0.25, 0.3) is 5.91 Å². The normalized spacial score (nSPS) is 13.6. The van der Waals surface area contributed by atoms with E-state index in [2.05, 4.69) is 24.8 Å². The number of para-hydroxylation sites is 2. The topological polar surface area (TPSA) is 42.0 Å². The van der Waals surface area contributed by atoms with Crippen LogP contribution in [-0.2, 0) is 0 Å². The average molecular weight is 340 g/mol. The van der Waals surface area contributed by atoms with Crippen LogP contribution in [0.2, 0.25) is 0 Å². The van der Waals surface area contributed by atoms with E-state index in [9.17, 15) is 4.79 Å². The number of methoxy groups -OCH3 is 2. The van der Waals surface area contributed by atoms with Crippen LogP contribution >= 0.6 is 0 Å². The zero-order valence-corrected chi connectivity index (χ0v) is 15.2. The maximum absolute atomic E-state index is 13.1. The maximum Gasteiger partial charge on any atom is 0.258 e. The van der Waals surface area contributed by atoms with Crippen LogP contribution in [-0.4, -0.2) is 39.3 Å². The highest BCUT2D eigenvalue weighted by Gasteiger charge is 2.28. The Morgan fingerprint density at radius 2 is 1.64 bits per heavy atom. The van der Waals surface area contributed by atoms with E-state index in [1.165, 1.54) is 0 Å². The van der Waals surface area contributed by atoms with Gasteiger partial charge in [-0.3, -0.25) is 4.79 Å². The highest BCUT2D eigenvalue weighted by molar-refractivity contribution is 6.08. The predicted octanol–water partition coefficient (Wildman–Crippen LogP) is 3.58. The molecule has 5 heteroatoms. The molecule has 0 aliphatic carbocycles. The lowest BCUT2D eigenvalue weighted by Gasteiger charge is -2.40. The second-order valence-corrected chi connectivity index (χ2v) is 6.30. The Hall–Kier alpha value is -2.69. The first-order valence-corrected chi connectivity index (χ1v) is 8.46. The first-order valence-electron chi connectivity index (χ1n) is 8.46. The van der Waals surface area contributed by atoms with Crippen molar-refractivity contribution in [2.75, 3.05) is 37.1 Å². The molecule has 0 aromatic heterocycles. The van der Waals surface area contributed by atoms with Gasteiger partial charge in [0.15, 0.2) is 11.5 Å². The summed E-state index contributed by atoms with van der Waals surface area (Å²) in [4.78, 5) is 17.3. The van der Waals surface area contributed by atoms with Crippen LogP contribution in [0, 0.1) is 0 Å². The van der Waals surface area contributed by atoms with Gasteiger partial charge in [-0.15, -0.1) is 0 Å². The van der Waals surface area contributed by atoms with E-state index < -0.39 is 0 Å². The van der Waals surface area contributed by atoms with Gasteiger partial charge in [-0.2, -0.15) is 0 Å². The fourth-order valence-electron chi connectivity index (χ4n) is 3.26. The molecular weight excluding hydrogens is 316 g/mol. The number of fused-ring (bicyclic) bond motifs is 1. The molecule has 0 bridgehead atoms. The molecule has 0 spiro atoms. The number of carbonyl (C=O) groups excluding carboxylic acids is 1. The molecule has 0 radical (unpaired) electrons. The third kappa shape index (κ3) is 3.14. The van der Waals surface area contributed by atoms with Gasteiger partial charge in [-0.05, 0) is 44.2 Å². The lowest BCUT2D eigenvalue weighted by molar-refractivity contribution is 0.0986. The first-order chi connectivity index (χ1) is 12.1. The molecule has 1 heterocycles. The third-order valence-corrected chi connectivity index (χ3v) is 4.55. The Morgan fingerprint density at radius 3 is 2.28 bits per heavy atom. The van der Waals surface area contributed by atoms with Crippen molar-refractivity contribution in [1.82, 2.24) is 0 Å². The van der Waals surface area contributed by atoms with Crippen LogP contribution in [0.25, 0.3) is 0 Å². The molecule has 1 aliphatic rings. The van der Waals surface area contributed by atoms with Crippen molar-refractivity contribution < 1.29 is 14.3 Å². The van der Waals surface area contributed by atoms with Crippen LogP contribution < -0.4 is 19.3 Å². The van der Waals surface area contributed by atoms with E-state index in [1.54, 1.807) is 32.4 Å². The van der Waals surface area contributed by atoms with Crippen molar-refractivity contribution in [2.45, 2.75) is 19.9 Å². The molecule has 0 unspecified atom stereocenters. The molecule has 0 atom stereocenters. The molecule has 5 nitrogen and oxygen atoms in total. The van der Waals surface area contributed by atoms with Gasteiger partial charge >= 0.3 is 0 Å². The molecule has 3 rings (SSSR count). The van der Waals surface area contributed by atoms with Crippen molar-refractivity contribution in [3.05, 3.63) is 48.0 Å². The van der Waals surface area contributed by atoms with E-state index in [1.807, 2.05) is 23.1 Å². The molecule has 0 N–H and O–H groups in total. The van der Waals surface area contributed by atoms with E-state index in [0.717, 1.165) is 17.9 Å². The molecule has 1 amide bonds. The largest absolute Gasteiger partial charge is 0.493 e. The minimum Gasteiger partial charge on any atom is -0.493 e. The summed E-state index contributed by atoms with van der Waals surface area (Å²) in [6, 6.07) is 13.7. The minimum absolute atomic E-state index is 0.0307. The number of nitrogens with zero attached hydrogens (tertiary/aromatic N) is 2. The Labute approximate surface area is 148 Å². The van der Waals surface area contributed by atoms with Crippen molar-refractivity contribution >= 4 is 17.3 Å². The number of hydrogen-bond donors (Lipinski definition) is 0. The Balaban J connectivity index is 1.97. The van der Waals surface area contributed by atoms with Gasteiger partial charge in [-0.1, -0.05) is 12.1 Å². The summed E-state index contributed by atoms with van der Waals surface area (Å²) >= 11 is 0. The first kappa shape index (κ1) is 17.1. The number of ether oxygens (including phenoxy) is 2. The smallest absolute Gasteiger partial charge is 0.258 e. The summed E-state index contributed by atoms with van der Waals surface area (Å²) in [5, 5.41) is 0. The second-order valence-electron chi connectivity index (χ2n) is 6.30. The number of benzene rings is 2. The Bertz CT molecular complexity index is 773. The van der Waals surface area contributed by atoms with E-state index in [4.69, 9.17) is 9.47 Å². The predicted molar refractivity (Wildman–Crippen MR) is 100 cm³/mol. The van der Waals surface area contributed by atoms with Gasteiger partial charge in [0.1, 0.15) is 0 Å². The van der Waals surface area contributed by atoms with Crippen molar-refractivity contribution in [2.24, 2.45) is 0 Å². The molecule has 0 saturated carbocycles. The average Bonchev–Trinajstić information content (AvgIpc) is 2.65. The lowest BCUT2D eigenvalue weighted by atomic mass is 10.1. The van der Waals surface area contributed by atoms with Gasteiger partial charge in [-0.25, -0.2) is 0 Å². The number of anilines is 2. The van der Waals surface area contributed by atoms with Gasteiger partial charge in [0, 0.05) is 24.7 Å². The molecule has 0 fully saturated rings. The lowest BCUT2D eigenvalue weighted by Crippen LogP contribution is -2.46. The molecule has 0 saturated heterocycles. The van der Waals surface area contributed by atoms with Gasteiger partial charge in [0.2, 0.25) is 0 Å². The van der Waals surface area contributed by atoms with Crippen LogP contribution in [0.15, 0.2) is 42.5 Å². The zero-order valence-electron chi connectivity index (χ0n) is 15.2. The molecule has 1 aliphatic heterocycles. The standard InChI is InChI=1S/C20H24N2O3/c1-14(2)21-11-12-22(17-8-6-5-7-16(17)21)20(23)15-9-10-18(24-3)19(13-15)25-4/h5-10,13-14H,11-12H2,1-4H3. The van der Waals surface area contributed by atoms with Crippen LogP contribution in [0.4, 0.5) is 11.4 Å². The zero-order chi connectivity index (χ0) is 18.0. The van der Waals surface area contributed by atoms with Crippen molar-refractivity contribution in [3.63, 3.8) is 0 Å². The summed E-state index contributed by atoms with van der Waals surface area (Å²) in [6.07, 6.45) is 0. The molecule has 2 aromatic carbocycles. The van der Waals surface area contributed by atoms with E-state index >= 15 is 0 Å². The molecule has 2 aromatic rings. The SMILES string of the molecule is COc1ccc(C(=O)N2CCN(C(C)C)c3ccccc32)cc1OC. The number of amides is 1. The molecule has 25 heavy (non-hydrogen) atoms. The quantitative estimate of drug-likeness (QED) is 0.853. The van der Waals surface area contributed by atoms with Gasteiger partial charge < -0.3 is 19.3 Å². The van der Waals surface area contributed by atoms with Crippen molar-refractivity contribution in [3.8, 4) is 11.5 Å². The molecular formula is C20H24N2O3. The van der Waals surface area contributed by atoms with Crippen molar-refractivity contribution in [1.29, 1.82) is 0 Å². The highest BCUT2D eigenvalue weighted by Crippen LogP contribution is 2.35. The number of rotatable bonds is 4. The van der Waals surface area contributed by atoms with Crippen LogP contribution in [0.1, 0.15) is 24.2 Å². The monoisotopic (exact) mass is 340 g/mol. The maximum atomic E-state index is 13.1.